The van der Waals surface area contributed by atoms with E-state index in [1.165, 1.54) is 18.6 Å². The monoisotopic (exact) mass is 445 g/mol. The van der Waals surface area contributed by atoms with Crippen LogP contribution in [0.5, 0.6) is 0 Å². The van der Waals surface area contributed by atoms with Gasteiger partial charge in [0.1, 0.15) is 12.0 Å². The van der Waals surface area contributed by atoms with Gasteiger partial charge in [-0.15, -0.1) is 0 Å². The number of piperidine rings is 1. The van der Waals surface area contributed by atoms with E-state index in [2.05, 4.69) is 9.97 Å². The zero-order chi connectivity index (χ0) is 22.9. The van der Waals surface area contributed by atoms with Crippen LogP contribution in [0.25, 0.3) is 0 Å². The first kappa shape index (κ1) is 22.0. The molecule has 0 unspecified atom stereocenters. The van der Waals surface area contributed by atoms with Crippen LogP contribution in [0.3, 0.4) is 0 Å². The molecule has 1 aromatic heterocycles. The van der Waals surface area contributed by atoms with E-state index in [0.717, 1.165) is 6.07 Å². The lowest BCUT2D eigenvalue weighted by Gasteiger charge is -2.42. The molecule has 0 spiro atoms. The van der Waals surface area contributed by atoms with E-state index in [-0.39, 0.29) is 17.2 Å². The van der Waals surface area contributed by atoms with Crippen LogP contribution in [0.4, 0.5) is 18.9 Å². The third kappa shape index (κ3) is 4.00. The second-order valence-corrected chi connectivity index (χ2v) is 8.31. The van der Waals surface area contributed by atoms with Crippen LogP contribution in [0.2, 0.25) is 0 Å². The van der Waals surface area contributed by atoms with Gasteiger partial charge in [0.25, 0.3) is 5.91 Å². The van der Waals surface area contributed by atoms with E-state index < -0.39 is 17.3 Å². The highest BCUT2D eigenvalue weighted by Crippen LogP contribution is 2.45. The Bertz CT molecular complexity index is 1040. The standard InChI is InChI=1S/C22H22F3N5O2/c1-32-13-21-5-7-29(20(31)19-4-6-27-14-28-19)10-16(21)11-30(12-21)17-3-2-15(9-26)18(8-17)22(23,24)25/h2-4,6,8,14,16H,5,7,10-13H2,1H3/t16-,21+/m1/s1. The Morgan fingerprint density at radius 3 is 2.81 bits per heavy atom. The third-order valence-electron chi connectivity index (χ3n) is 6.45. The van der Waals surface area contributed by atoms with Crippen molar-refractivity contribution >= 4 is 11.6 Å². The number of alkyl halides is 3. The number of hydrogen-bond acceptors (Lipinski definition) is 6. The zero-order valence-corrected chi connectivity index (χ0v) is 17.5. The Morgan fingerprint density at radius 2 is 2.16 bits per heavy atom. The minimum atomic E-state index is -4.61. The first-order valence-corrected chi connectivity index (χ1v) is 10.2. The summed E-state index contributed by atoms with van der Waals surface area (Å²) in [4.78, 5) is 24.4. The summed E-state index contributed by atoms with van der Waals surface area (Å²) in [6, 6.07) is 6.99. The van der Waals surface area contributed by atoms with Crippen molar-refractivity contribution in [3.05, 3.63) is 53.6 Å². The second-order valence-electron chi connectivity index (χ2n) is 8.31. The van der Waals surface area contributed by atoms with Crippen molar-refractivity contribution in [2.24, 2.45) is 11.3 Å². The molecule has 1 aromatic carbocycles. The highest BCUT2D eigenvalue weighted by molar-refractivity contribution is 5.92. The number of ether oxygens (including phenoxy) is 1. The molecule has 2 atom stereocenters. The SMILES string of the molecule is COC[C@@]12CCN(C(=O)c3ccncn3)C[C@@H]1CN(c1ccc(C#N)c(C(F)(F)F)c1)C2. The van der Waals surface area contributed by atoms with Gasteiger partial charge < -0.3 is 14.5 Å². The summed E-state index contributed by atoms with van der Waals surface area (Å²) in [5, 5.41) is 9.07. The first-order valence-electron chi connectivity index (χ1n) is 10.2. The predicted octanol–water partition coefficient (Wildman–Crippen LogP) is 2.98. The van der Waals surface area contributed by atoms with Gasteiger partial charge in [-0.25, -0.2) is 9.97 Å². The number of carbonyl (C=O) groups is 1. The number of benzene rings is 1. The normalized spacial score (nSPS) is 23.0. The second kappa shape index (κ2) is 8.39. The number of methoxy groups -OCH3 is 1. The molecule has 2 aliphatic heterocycles. The van der Waals surface area contributed by atoms with Crippen molar-refractivity contribution in [1.29, 1.82) is 5.26 Å². The number of rotatable bonds is 4. The minimum Gasteiger partial charge on any atom is -0.384 e. The molecule has 1 amide bonds. The molecular formula is C22H22F3N5O2. The molecule has 2 aromatic rings. The average Bonchev–Trinajstić information content (AvgIpc) is 3.17. The number of aromatic nitrogens is 2. The molecule has 2 fully saturated rings. The molecule has 0 bridgehead atoms. The van der Waals surface area contributed by atoms with E-state index in [0.29, 0.717) is 50.6 Å². The maximum Gasteiger partial charge on any atom is 0.417 e. The molecule has 10 heteroatoms. The van der Waals surface area contributed by atoms with E-state index >= 15 is 0 Å². The van der Waals surface area contributed by atoms with Crippen LogP contribution in [0, 0.1) is 22.7 Å². The molecule has 32 heavy (non-hydrogen) atoms. The quantitative estimate of drug-likeness (QED) is 0.720. The number of anilines is 1. The largest absolute Gasteiger partial charge is 0.417 e. The number of nitrogens with zero attached hydrogens (tertiary/aromatic N) is 5. The fourth-order valence-corrected chi connectivity index (χ4v) is 4.83. The van der Waals surface area contributed by atoms with E-state index in [1.807, 2.05) is 4.90 Å². The van der Waals surface area contributed by atoms with Crippen LogP contribution in [-0.2, 0) is 10.9 Å². The maximum atomic E-state index is 13.5. The molecule has 0 saturated carbocycles. The molecule has 0 N–H and O–H groups in total. The van der Waals surface area contributed by atoms with Gasteiger partial charge in [-0.1, -0.05) is 0 Å². The fourth-order valence-electron chi connectivity index (χ4n) is 4.83. The van der Waals surface area contributed by atoms with Gasteiger partial charge in [-0.3, -0.25) is 4.79 Å². The minimum absolute atomic E-state index is 0.0203. The smallest absolute Gasteiger partial charge is 0.384 e. The third-order valence-corrected chi connectivity index (χ3v) is 6.45. The van der Waals surface area contributed by atoms with Crippen LogP contribution in [0.1, 0.15) is 28.0 Å². The molecular weight excluding hydrogens is 423 g/mol. The molecule has 4 rings (SSSR count). The van der Waals surface area contributed by atoms with Gasteiger partial charge in [0.15, 0.2) is 0 Å². The Hall–Kier alpha value is -3.19. The highest BCUT2D eigenvalue weighted by Gasteiger charge is 2.50. The summed E-state index contributed by atoms with van der Waals surface area (Å²) >= 11 is 0. The lowest BCUT2D eigenvalue weighted by atomic mass is 9.73. The topological polar surface area (TPSA) is 82.3 Å². The number of nitriles is 1. The lowest BCUT2D eigenvalue weighted by molar-refractivity contribution is -0.137. The number of hydrogen-bond donors (Lipinski definition) is 0. The Balaban J connectivity index is 1.59. The van der Waals surface area contributed by atoms with Gasteiger partial charge in [0.05, 0.1) is 23.8 Å². The van der Waals surface area contributed by atoms with Gasteiger partial charge in [-0.2, -0.15) is 18.4 Å². The summed E-state index contributed by atoms with van der Waals surface area (Å²) < 4.78 is 45.8. The maximum absolute atomic E-state index is 13.5. The summed E-state index contributed by atoms with van der Waals surface area (Å²) in [5.74, 6) is -0.165. The molecule has 3 heterocycles. The summed E-state index contributed by atoms with van der Waals surface area (Å²) in [6.45, 7) is 2.43. The van der Waals surface area contributed by atoms with E-state index in [9.17, 15) is 18.0 Å². The fraction of sp³-hybridized carbons (Fsp3) is 0.455. The van der Waals surface area contributed by atoms with Crippen LogP contribution in [0.15, 0.2) is 36.8 Å². The Morgan fingerprint density at radius 1 is 1.34 bits per heavy atom. The molecule has 0 radical (unpaired) electrons. The van der Waals surface area contributed by atoms with Crippen molar-refractivity contribution < 1.29 is 22.7 Å². The molecule has 2 saturated heterocycles. The lowest BCUT2D eigenvalue weighted by Crippen LogP contribution is -2.51. The number of carbonyl (C=O) groups excluding carboxylic acids is 1. The number of amides is 1. The molecule has 0 aliphatic carbocycles. The predicted molar refractivity (Wildman–Crippen MR) is 109 cm³/mol. The Labute approximate surface area is 183 Å². The summed E-state index contributed by atoms with van der Waals surface area (Å²) in [6.07, 6.45) is -1.10. The average molecular weight is 445 g/mol. The van der Waals surface area contributed by atoms with Crippen LogP contribution < -0.4 is 4.90 Å². The summed E-state index contributed by atoms with van der Waals surface area (Å²) in [5.41, 5.74) is -0.880. The van der Waals surface area contributed by atoms with Gasteiger partial charge in [0.2, 0.25) is 0 Å². The van der Waals surface area contributed by atoms with Crippen molar-refractivity contribution in [1.82, 2.24) is 14.9 Å². The molecule has 2 aliphatic rings. The number of fused-ring (bicyclic) bond motifs is 1. The van der Waals surface area contributed by atoms with Crippen molar-refractivity contribution in [2.45, 2.75) is 12.6 Å². The van der Waals surface area contributed by atoms with Crippen molar-refractivity contribution in [3.8, 4) is 6.07 Å². The van der Waals surface area contributed by atoms with Crippen LogP contribution >= 0.6 is 0 Å². The van der Waals surface area contributed by atoms with Crippen molar-refractivity contribution in [3.63, 3.8) is 0 Å². The molecule has 7 nitrogen and oxygen atoms in total. The number of halogens is 3. The van der Waals surface area contributed by atoms with Crippen LogP contribution in [-0.4, -0.2) is 60.7 Å². The Kier molecular flexibility index (Phi) is 5.77. The van der Waals surface area contributed by atoms with Gasteiger partial charge >= 0.3 is 6.18 Å². The highest BCUT2D eigenvalue weighted by atomic mass is 19.4. The number of likely N-dealkylation sites (tertiary alicyclic amines) is 1. The molecule has 168 valence electrons. The van der Waals surface area contributed by atoms with E-state index in [4.69, 9.17) is 10.00 Å². The van der Waals surface area contributed by atoms with Gasteiger partial charge in [-0.05, 0) is 30.7 Å². The summed E-state index contributed by atoms with van der Waals surface area (Å²) in [7, 11) is 1.61. The van der Waals surface area contributed by atoms with E-state index in [1.54, 1.807) is 30.2 Å². The van der Waals surface area contributed by atoms with Gasteiger partial charge in [0, 0.05) is 56.5 Å². The first-order chi connectivity index (χ1) is 15.3. The van der Waals surface area contributed by atoms with Crippen molar-refractivity contribution in [2.75, 3.05) is 44.8 Å². The zero-order valence-electron chi connectivity index (χ0n) is 17.5.